The van der Waals surface area contributed by atoms with E-state index in [-0.39, 0.29) is 0 Å². The van der Waals surface area contributed by atoms with Crippen molar-refractivity contribution in [2.75, 3.05) is 0 Å². The van der Waals surface area contributed by atoms with Crippen molar-refractivity contribution in [3.8, 4) is 5.69 Å². The summed E-state index contributed by atoms with van der Waals surface area (Å²) in [5.74, 6) is 0. The number of imidazole rings is 1. The van der Waals surface area contributed by atoms with Crippen LogP contribution >= 0.6 is 0 Å². The molecule has 0 saturated heterocycles. The van der Waals surface area contributed by atoms with Crippen LogP contribution in [-0.2, 0) is 5.54 Å². The van der Waals surface area contributed by atoms with E-state index in [0.29, 0.717) is 0 Å². The molecule has 2 heterocycles. The second-order valence-electron chi connectivity index (χ2n) is 3.97. The van der Waals surface area contributed by atoms with Crippen molar-refractivity contribution in [2.45, 2.75) is 19.4 Å². The van der Waals surface area contributed by atoms with E-state index in [1.807, 2.05) is 18.4 Å². The van der Waals surface area contributed by atoms with Crippen molar-refractivity contribution in [1.82, 2.24) is 19.5 Å². The zero-order chi connectivity index (χ0) is 10.9. The van der Waals surface area contributed by atoms with Crippen molar-refractivity contribution < 1.29 is 0 Å². The minimum atomic E-state index is -0.438. The fourth-order valence-corrected chi connectivity index (χ4v) is 1.39. The van der Waals surface area contributed by atoms with Gasteiger partial charge in [-0.3, -0.25) is 4.57 Å². The van der Waals surface area contributed by atoms with Gasteiger partial charge in [0.2, 0.25) is 0 Å². The van der Waals surface area contributed by atoms with E-state index in [9.17, 15) is 0 Å². The van der Waals surface area contributed by atoms with E-state index in [4.69, 9.17) is 5.73 Å². The first kappa shape index (κ1) is 9.79. The Hall–Kier alpha value is -1.75. The highest BCUT2D eigenvalue weighted by Crippen LogP contribution is 2.19. The highest BCUT2D eigenvalue weighted by Gasteiger charge is 2.19. The summed E-state index contributed by atoms with van der Waals surface area (Å²) in [5, 5.41) is 0. The summed E-state index contributed by atoms with van der Waals surface area (Å²) in [6.45, 7) is 3.87. The molecule has 0 spiro atoms. The van der Waals surface area contributed by atoms with Gasteiger partial charge in [-0.1, -0.05) is 0 Å². The molecule has 2 N–H and O–H groups in total. The molecule has 0 aliphatic rings. The smallest absolute Gasteiger partial charge is 0.115 e. The van der Waals surface area contributed by atoms with Gasteiger partial charge in [0, 0.05) is 0 Å². The molecule has 0 amide bonds. The van der Waals surface area contributed by atoms with E-state index in [2.05, 4.69) is 15.0 Å². The largest absolute Gasteiger partial charge is 0.321 e. The summed E-state index contributed by atoms with van der Waals surface area (Å²) < 4.78 is 1.89. The van der Waals surface area contributed by atoms with E-state index in [1.165, 1.54) is 6.33 Å². The fourth-order valence-electron chi connectivity index (χ4n) is 1.39. The second kappa shape index (κ2) is 3.43. The predicted octanol–water partition coefficient (Wildman–Crippen LogP) is 0.856. The van der Waals surface area contributed by atoms with Crippen molar-refractivity contribution in [1.29, 1.82) is 0 Å². The maximum Gasteiger partial charge on any atom is 0.115 e. The summed E-state index contributed by atoms with van der Waals surface area (Å²) in [4.78, 5) is 12.0. The van der Waals surface area contributed by atoms with E-state index < -0.39 is 5.54 Å². The average molecular weight is 203 g/mol. The molecule has 2 rings (SSSR count). The van der Waals surface area contributed by atoms with E-state index in [1.54, 1.807) is 24.9 Å². The molecule has 0 fully saturated rings. The fraction of sp³-hybridized carbons (Fsp3) is 0.300. The number of aromatic nitrogens is 4. The molecule has 5 nitrogen and oxygen atoms in total. The number of hydrogen-bond acceptors (Lipinski definition) is 4. The van der Waals surface area contributed by atoms with Crippen molar-refractivity contribution in [3.05, 3.63) is 36.9 Å². The van der Waals surface area contributed by atoms with Gasteiger partial charge in [-0.15, -0.1) is 0 Å². The van der Waals surface area contributed by atoms with Crippen molar-refractivity contribution in [3.63, 3.8) is 0 Å². The van der Waals surface area contributed by atoms with Gasteiger partial charge in [-0.2, -0.15) is 0 Å². The van der Waals surface area contributed by atoms with Crippen LogP contribution in [0.5, 0.6) is 0 Å². The third-order valence-corrected chi connectivity index (χ3v) is 2.12. The Kier molecular flexibility index (Phi) is 2.24. The molecule has 0 saturated carbocycles. The number of hydrogen-bond donors (Lipinski definition) is 1. The molecule has 0 aromatic carbocycles. The number of nitrogens with two attached hydrogens (primary N) is 1. The van der Waals surface area contributed by atoms with Gasteiger partial charge >= 0.3 is 0 Å². The highest BCUT2D eigenvalue weighted by atomic mass is 15.1. The minimum absolute atomic E-state index is 0.438. The molecule has 15 heavy (non-hydrogen) atoms. The Bertz CT molecular complexity index is 440. The van der Waals surface area contributed by atoms with Gasteiger partial charge in [0.25, 0.3) is 0 Å². The highest BCUT2D eigenvalue weighted by molar-refractivity contribution is 5.29. The monoisotopic (exact) mass is 203 g/mol. The van der Waals surface area contributed by atoms with Crippen LogP contribution in [0.1, 0.15) is 19.5 Å². The SMILES string of the molecule is CC(C)(N)c1cncn1-c1cncnc1. The maximum atomic E-state index is 6.04. The first-order valence-corrected chi connectivity index (χ1v) is 4.66. The standard InChI is InChI=1S/C10H13N5/c1-10(2,11)9-5-14-7-15(9)8-3-12-6-13-4-8/h3-7H,11H2,1-2H3. The van der Waals surface area contributed by atoms with Crippen LogP contribution in [0, 0.1) is 0 Å². The van der Waals surface area contributed by atoms with Gasteiger partial charge in [0.1, 0.15) is 6.33 Å². The molecule has 0 aliphatic carbocycles. The summed E-state index contributed by atoms with van der Waals surface area (Å²) in [6.07, 6.45) is 8.41. The Morgan fingerprint density at radius 2 is 1.80 bits per heavy atom. The summed E-state index contributed by atoms with van der Waals surface area (Å²) in [5.41, 5.74) is 7.39. The minimum Gasteiger partial charge on any atom is -0.321 e. The molecule has 2 aromatic heterocycles. The van der Waals surface area contributed by atoms with Gasteiger partial charge in [-0.25, -0.2) is 15.0 Å². The summed E-state index contributed by atoms with van der Waals surface area (Å²) >= 11 is 0. The molecule has 0 bridgehead atoms. The van der Waals surface area contributed by atoms with Crippen LogP contribution in [0.25, 0.3) is 5.69 Å². The average Bonchev–Trinajstić information content (AvgIpc) is 2.67. The molecule has 0 atom stereocenters. The van der Waals surface area contributed by atoms with Gasteiger partial charge in [0.15, 0.2) is 0 Å². The predicted molar refractivity (Wildman–Crippen MR) is 56.4 cm³/mol. The Labute approximate surface area is 88.0 Å². The summed E-state index contributed by atoms with van der Waals surface area (Å²) in [7, 11) is 0. The second-order valence-corrected chi connectivity index (χ2v) is 3.97. The first-order chi connectivity index (χ1) is 7.09. The lowest BCUT2D eigenvalue weighted by Crippen LogP contribution is -2.31. The van der Waals surface area contributed by atoms with E-state index in [0.717, 1.165) is 11.4 Å². The van der Waals surface area contributed by atoms with Crippen LogP contribution in [0.15, 0.2) is 31.2 Å². The van der Waals surface area contributed by atoms with Crippen LogP contribution in [0.2, 0.25) is 0 Å². The lowest BCUT2D eigenvalue weighted by Gasteiger charge is -2.20. The van der Waals surface area contributed by atoms with Gasteiger partial charge < -0.3 is 5.73 Å². The zero-order valence-corrected chi connectivity index (χ0v) is 8.75. The van der Waals surface area contributed by atoms with Crippen molar-refractivity contribution >= 4 is 0 Å². The molecule has 0 unspecified atom stereocenters. The molecule has 2 aromatic rings. The molecular weight excluding hydrogens is 190 g/mol. The summed E-state index contributed by atoms with van der Waals surface area (Å²) in [6, 6.07) is 0. The molecule has 0 aliphatic heterocycles. The zero-order valence-electron chi connectivity index (χ0n) is 8.75. The normalized spacial score (nSPS) is 11.7. The van der Waals surface area contributed by atoms with Crippen LogP contribution in [0.3, 0.4) is 0 Å². The molecule has 78 valence electrons. The quantitative estimate of drug-likeness (QED) is 0.785. The molecule has 0 radical (unpaired) electrons. The van der Waals surface area contributed by atoms with Gasteiger partial charge in [-0.05, 0) is 13.8 Å². The lowest BCUT2D eigenvalue weighted by molar-refractivity contribution is 0.524. The van der Waals surface area contributed by atoms with Gasteiger partial charge in [0.05, 0.1) is 41.8 Å². The lowest BCUT2D eigenvalue weighted by atomic mass is 10.0. The van der Waals surface area contributed by atoms with Crippen LogP contribution < -0.4 is 5.73 Å². The molecular formula is C10H13N5. The Morgan fingerprint density at radius 1 is 1.13 bits per heavy atom. The van der Waals surface area contributed by atoms with E-state index >= 15 is 0 Å². The van der Waals surface area contributed by atoms with Crippen LogP contribution in [-0.4, -0.2) is 19.5 Å². The number of rotatable bonds is 2. The Morgan fingerprint density at radius 3 is 2.40 bits per heavy atom. The topological polar surface area (TPSA) is 69.6 Å². The Balaban J connectivity index is 2.51. The number of nitrogens with zero attached hydrogens (tertiary/aromatic N) is 4. The molecule has 5 heteroatoms. The van der Waals surface area contributed by atoms with Crippen molar-refractivity contribution in [2.24, 2.45) is 5.73 Å². The third kappa shape index (κ3) is 1.87. The third-order valence-electron chi connectivity index (χ3n) is 2.12. The first-order valence-electron chi connectivity index (χ1n) is 4.66. The maximum absolute atomic E-state index is 6.04. The van der Waals surface area contributed by atoms with Crippen LogP contribution in [0.4, 0.5) is 0 Å².